The summed E-state index contributed by atoms with van der Waals surface area (Å²) in [5.74, 6) is 5.01. The smallest absolute Gasteiger partial charge is 0.0958 e. The highest BCUT2D eigenvalue weighted by molar-refractivity contribution is 5.37. The Hall–Kier alpha value is -1.23. The minimum atomic E-state index is -0.0894. The van der Waals surface area contributed by atoms with Crippen molar-refractivity contribution in [2.45, 2.75) is 59.3 Å². The van der Waals surface area contributed by atoms with E-state index < -0.39 is 0 Å². The molecule has 5 aliphatic rings. The molecule has 0 aliphatic heterocycles. The molecule has 3 fully saturated rings. The summed E-state index contributed by atoms with van der Waals surface area (Å²) in [4.78, 5) is 0. The Bertz CT molecular complexity index is 729. The Morgan fingerprint density at radius 2 is 1.96 bits per heavy atom. The molecule has 0 saturated heterocycles. The van der Waals surface area contributed by atoms with Crippen LogP contribution in [0.2, 0.25) is 0 Å². The molecule has 5 rings (SSSR count). The minimum Gasteiger partial charge on any atom is -0.501 e. The van der Waals surface area contributed by atoms with Crippen molar-refractivity contribution in [1.82, 2.24) is 0 Å². The highest BCUT2D eigenvalue weighted by Crippen LogP contribution is 2.79. The number of nitrogens with zero attached hydrogens (tertiary/aromatic N) is 1. The van der Waals surface area contributed by atoms with Crippen molar-refractivity contribution in [2.75, 3.05) is 7.11 Å². The number of nitriles is 1. The monoisotopic (exact) mass is 337 g/mol. The van der Waals surface area contributed by atoms with Gasteiger partial charge in [0.2, 0.25) is 0 Å². The first-order chi connectivity index (χ1) is 11.9. The second-order valence-corrected chi connectivity index (χ2v) is 10.2. The number of fused-ring (bicyclic) bond motifs is 7. The van der Waals surface area contributed by atoms with Gasteiger partial charge in [-0.25, -0.2) is 0 Å². The zero-order chi connectivity index (χ0) is 17.6. The van der Waals surface area contributed by atoms with Crippen LogP contribution in [0.3, 0.4) is 0 Å². The van der Waals surface area contributed by atoms with Crippen molar-refractivity contribution in [3.63, 3.8) is 0 Å². The average molecular weight is 338 g/mol. The van der Waals surface area contributed by atoms with Gasteiger partial charge in [0.25, 0.3) is 0 Å². The molecule has 0 aromatic heterocycles. The Labute approximate surface area is 152 Å². The van der Waals surface area contributed by atoms with E-state index in [1.165, 1.54) is 37.7 Å². The molecular weight excluding hydrogens is 306 g/mol. The molecule has 0 spiro atoms. The van der Waals surface area contributed by atoms with Crippen molar-refractivity contribution in [3.8, 4) is 6.07 Å². The van der Waals surface area contributed by atoms with Gasteiger partial charge in [-0.2, -0.15) is 5.26 Å². The number of rotatable bonds is 1. The van der Waals surface area contributed by atoms with Crippen molar-refractivity contribution >= 4 is 0 Å². The van der Waals surface area contributed by atoms with Gasteiger partial charge in [0.15, 0.2) is 0 Å². The lowest BCUT2D eigenvalue weighted by Crippen LogP contribution is -2.52. The molecule has 8 atom stereocenters. The number of hydrogen-bond donors (Lipinski definition) is 0. The molecule has 0 bridgehead atoms. The molecule has 0 radical (unpaired) electrons. The second kappa shape index (κ2) is 4.73. The highest BCUT2D eigenvalue weighted by atomic mass is 16.5. The Morgan fingerprint density at radius 1 is 1.16 bits per heavy atom. The second-order valence-electron chi connectivity index (χ2n) is 10.2. The molecule has 25 heavy (non-hydrogen) atoms. The van der Waals surface area contributed by atoms with E-state index in [1.54, 1.807) is 7.11 Å². The molecule has 3 saturated carbocycles. The number of hydrogen-bond acceptors (Lipinski definition) is 2. The van der Waals surface area contributed by atoms with Crippen LogP contribution in [0.4, 0.5) is 0 Å². The summed E-state index contributed by atoms with van der Waals surface area (Å²) in [7, 11) is 1.81. The largest absolute Gasteiger partial charge is 0.501 e. The predicted octanol–water partition coefficient (Wildman–Crippen LogP) is 5.48. The van der Waals surface area contributed by atoms with Crippen LogP contribution in [0.25, 0.3) is 0 Å². The van der Waals surface area contributed by atoms with Gasteiger partial charge in [-0.15, -0.1) is 0 Å². The lowest BCUT2D eigenvalue weighted by Gasteiger charge is -2.58. The van der Waals surface area contributed by atoms with Crippen molar-refractivity contribution in [3.05, 3.63) is 23.5 Å². The zero-order valence-corrected chi connectivity index (χ0v) is 16.1. The molecular formula is C23H31NO. The first-order valence-electron chi connectivity index (χ1n) is 10.3. The third-order valence-electron chi connectivity index (χ3n) is 9.71. The Balaban J connectivity index is 1.55. The fourth-order valence-corrected chi connectivity index (χ4v) is 8.02. The van der Waals surface area contributed by atoms with E-state index in [0.717, 1.165) is 35.9 Å². The zero-order valence-electron chi connectivity index (χ0n) is 16.1. The van der Waals surface area contributed by atoms with E-state index in [2.05, 4.69) is 39.0 Å². The lowest BCUT2D eigenvalue weighted by molar-refractivity contribution is -0.0671. The SMILES string of the molecule is COC1=CC2=CC[C@H]3[C@@H]4[C@@H]5C[C@@H]5[C@](C)(C#N)[C@@]4(C)CC[C@@H]3[C@@]2(C)CC1. The van der Waals surface area contributed by atoms with Crippen LogP contribution in [0, 0.1) is 57.2 Å². The molecule has 0 heterocycles. The van der Waals surface area contributed by atoms with Gasteiger partial charge in [0, 0.05) is 6.42 Å². The number of allylic oxidation sites excluding steroid dienone is 4. The predicted molar refractivity (Wildman–Crippen MR) is 98.3 cm³/mol. The van der Waals surface area contributed by atoms with Crippen LogP contribution in [-0.2, 0) is 4.74 Å². The molecule has 0 amide bonds. The van der Waals surface area contributed by atoms with E-state index >= 15 is 0 Å². The van der Waals surface area contributed by atoms with Crippen molar-refractivity contribution in [2.24, 2.45) is 45.8 Å². The van der Waals surface area contributed by atoms with Gasteiger partial charge >= 0.3 is 0 Å². The molecule has 0 aromatic carbocycles. The van der Waals surface area contributed by atoms with E-state index in [4.69, 9.17) is 4.74 Å². The summed E-state index contributed by atoms with van der Waals surface area (Å²) in [6.07, 6.45) is 12.3. The summed E-state index contributed by atoms with van der Waals surface area (Å²) in [6, 6.07) is 2.80. The molecule has 2 nitrogen and oxygen atoms in total. The Morgan fingerprint density at radius 3 is 2.68 bits per heavy atom. The molecule has 0 N–H and O–H groups in total. The standard InChI is InChI=1S/C23H31NO/c1-21-9-7-15(25-4)11-14(21)5-6-16-18(21)8-10-22(2)20(16)17-12-19(17)23(22,3)13-24/h5,11,16-20H,6-10,12H2,1-4H3/t16-,17-,18+,19+,20-,21+,22+,23+/m1/s1. The van der Waals surface area contributed by atoms with Gasteiger partial charge in [-0.3, -0.25) is 0 Å². The maximum absolute atomic E-state index is 10.0. The summed E-state index contributed by atoms with van der Waals surface area (Å²) < 4.78 is 5.56. The number of methoxy groups -OCH3 is 1. The van der Waals surface area contributed by atoms with Crippen molar-refractivity contribution < 1.29 is 4.74 Å². The number of ether oxygens (including phenoxy) is 1. The quantitative estimate of drug-likeness (QED) is 0.635. The van der Waals surface area contributed by atoms with Crippen LogP contribution in [0.15, 0.2) is 23.5 Å². The third-order valence-corrected chi connectivity index (χ3v) is 9.71. The topological polar surface area (TPSA) is 33.0 Å². The van der Waals surface area contributed by atoms with Gasteiger partial charge in [0.05, 0.1) is 24.4 Å². The molecule has 0 aromatic rings. The minimum absolute atomic E-state index is 0.0894. The fourth-order valence-electron chi connectivity index (χ4n) is 8.02. The molecule has 134 valence electrons. The summed E-state index contributed by atoms with van der Waals surface area (Å²) >= 11 is 0. The van der Waals surface area contributed by atoms with Crippen LogP contribution >= 0.6 is 0 Å². The summed E-state index contributed by atoms with van der Waals surface area (Å²) in [5.41, 5.74) is 2.00. The fraction of sp³-hybridized carbons (Fsp3) is 0.783. The van der Waals surface area contributed by atoms with E-state index in [-0.39, 0.29) is 10.8 Å². The van der Waals surface area contributed by atoms with Gasteiger partial charge < -0.3 is 4.74 Å². The van der Waals surface area contributed by atoms with E-state index in [9.17, 15) is 5.26 Å². The average Bonchev–Trinajstić information content (AvgIpc) is 3.37. The van der Waals surface area contributed by atoms with E-state index in [1.807, 2.05) is 0 Å². The van der Waals surface area contributed by atoms with Crippen LogP contribution < -0.4 is 0 Å². The maximum Gasteiger partial charge on any atom is 0.0958 e. The molecule has 5 aliphatic carbocycles. The highest BCUT2D eigenvalue weighted by Gasteiger charge is 2.75. The van der Waals surface area contributed by atoms with Gasteiger partial charge in [0.1, 0.15) is 0 Å². The van der Waals surface area contributed by atoms with E-state index in [0.29, 0.717) is 11.3 Å². The van der Waals surface area contributed by atoms with Gasteiger partial charge in [-0.1, -0.05) is 19.9 Å². The first-order valence-corrected chi connectivity index (χ1v) is 10.3. The molecule has 0 unspecified atom stereocenters. The maximum atomic E-state index is 10.0. The normalized spacial score (nSPS) is 55.6. The van der Waals surface area contributed by atoms with Gasteiger partial charge in [-0.05, 0) is 91.1 Å². The lowest BCUT2D eigenvalue weighted by atomic mass is 9.45. The van der Waals surface area contributed by atoms with Crippen molar-refractivity contribution in [1.29, 1.82) is 5.26 Å². The first kappa shape index (κ1) is 16.0. The summed E-state index contributed by atoms with van der Waals surface area (Å²) in [5, 5.41) is 10.0. The summed E-state index contributed by atoms with van der Waals surface area (Å²) in [6.45, 7) is 7.27. The third kappa shape index (κ3) is 1.71. The van der Waals surface area contributed by atoms with Crippen LogP contribution in [0.5, 0.6) is 0 Å². The Kier molecular flexibility index (Phi) is 3.02. The molecule has 2 heteroatoms. The van der Waals surface area contributed by atoms with Crippen LogP contribution in [-0.4, -0.2) is 7.11 Å². The van der Waals surface area contributed by atoms with Crippen LogP contribution in [0.1, 0.15) is 59.3 Å².